The Morgan fingerprint density at radius 3 is 2.68 bits per heavy atom. The van der Waals surface area contributed by atoms with E-state index in [4.69, 9.17) is 5.11 Å². The monoisotopic (exact) mass is 261 g/mol. The summed E-state index contributed by atoms with van der Waals surface area (Å²) in [4.78, 5) is 23.2. The lowest BCUT2D eigenvalue weighted by Gasteiger charge is -2.15. The molecule has 4 heteroatoms. The van der Waals surface area contributed by atoms with E-state index >= 15 is 0 Å². The van der Waals surface area contributed by atoms with E-state index in [1.807, 2.05) is 19.9 Å². The van der Waals surface area contributed by atoms with E-state index in [1.54, 1.807) is 18.2 Å². The number of amides is 1. The predicted octanol–water partition coefficient (Wildman–Crippen LogP) is 2.45. The maximum absolute atomic E-state index is 12.1. The van der Waals surface area contributed by atoms with Crippen molar-refractivity contribution in [1.29, 1.82) is 0 Å². The van der Waals surface area contributed by atoms with E-state index in [2.05, 4.69) is 11.9 Å². The Morgan fingerprint density at radius 1 is 1.42 bits per heavy atom. The summed E-state index contributed by atoms with van der Waals surface area (Å²) in [5.41, 5.74) is 2.39. The molecule has 0 aliphatic heterocycles. The number of rotatable bonds is 6. The van der Waals surface area contributed by atoms with Crippen molar-refractivity contribution < 1.29 is 14.7 Å². The molecule has 0 aromatic heterocycles. The standard InChI is InChI=1S/C15H19NO3/c1-4-5-9-13(15(18)19)16-14(17)12-8-6-7-10(2)11(12)3/h4,6-8,13H,1,5,9H2,2-3H3,(H,16,17)(H,18,19). The second-order valence-electron chi connectivity index (χ2n) is 4.48. The van der Waals surface area contributed by atoms with Gasteiger partial charge in [0.1, 0.15) is 6.04 Å². The van der Waals surface area contributed by atoms with Gasteiger partial charge in [0.05, 0.1) is 0 Å². The van der Waals surface area contributed by atoms with E-state index < -0.39 is 12.0 Å². The van der Waals surface area contributed by atoms with Gasteiger partial charge in [-0.3, -0.25) is 4.79 Å². The Bertz CT molecular complexity index is 494. The van der Waals surface area contributed by atoms with Crippen molar-refractivity contribution in [1.82, 2.24) is 5.32 Å². The first-order valence-corrected chi connectivity index (χ1v) is 6.18. The zero-order chi connectivity index (χ0) is 14.4. The molecule has 19 heavy (non-hydrogen) atoms. The summed E-state index contributed by atoms with van der Waals surface area (Å²) in [7, 11) is 0. The van der Waals surface area contributed by atoms with Gasteiger partial charge in [0, 0.05) is 5.56 Å². The Labute approximate surface area is 113 Å². The third-order valence-electron chi connectivity index (χ3n) is 3.11. The lowest BCUT2D eigenvalue weighted by molar-refractivity contribution is -0.139. The molecule has 0 spiro atoms. The summed E-state index contributed by atoms with van der Waals surface area (Å²) >= 11 is 0. The average Bonchev–Trinajstić information content (AvgIpc) is 2.37. The number of allylic oxidation sites excluding steroid dienone is 1. The molecule has 1 unspecified atom stereocenters. The minimum absolute atomic E-state index is 0.343. The molecular weight excluding hydrogens is 242 g/mol. The summed E-state index contributed by atoms with van der Waals surface area (Å²) in [6.07, 6.45) is 2.53. The van der Waals surface area contributed by atoms with E-state index in [9.17, 15) is 9.59 Å². The van der Waals surface area contributed by atoms with Gasteiger partial charge in [-0.15, -0.1) is 6.58 Å². The van der Waals surface area contributed by atoms with Crippen molar-refractivity contribution in [2.24, 2.45) is 0 Å². The Morgan fingerprint density at radius 2 is 2.11 bits per heavy atom. The smallest absolute Gasteiger partial charge is 0.326 e. The fourth-order valence-corrected chi connectivity index (χ4v) is 1.77. The van der Waals surface area contributed by atoms with Gasteiger partial charge < -0.3 is 10.4 Å². The van der Waals surface area contributed by atoms with Crippen LogP contribution in [0.25, 0.3) is 0 Å². The highest BCUT2D eigenvalue weighted by molar-refractivity contribution is 5.98. The number of carbonyl (C=O) groups excluding carboxylic acids is 1. The number of carboxylic acid groups (broad SMARTS) is 1. The Balaban J connectivity index is 2.84. The average molecular weight is 261 g/mol. The molecule has 1 rings (SSSR count). The van der Waals surface area contributed by atoms with Crippen LogP contribution in [-0.4, -0.2) is 23.0 Å². The maximum Gasteiger partial charge on any atom is 0.326 e. The van der Waals surface area contributed by atoms with Gasteiger partial charge in [-0.25, -0.2) is 4.79 Å². The number of aliphatic carboxylic acids is 1. The maximum atomic E-state index is 12.1. The molecule has 0 saturated heterocycles. The van der Waals surface area contributed by atoms with Gasteiger partial charge in [-0.1, -0.05) is 18.2 Å². The first kappa shape index (κ1) is 15.0. The Kier molecular flexibility index (Phi) is 5.30. The molecular formula is C15H19NO3. The third kappa shape index (κ3) is 3.95. The minimum Gasteiger partial charge on any atom is -0.480 e. The molecule has 1 aromatic carbocycles. The SMILES string of the molecule is C=CCCC(NC(=O)c1cccc(C)c1C)C(=O)O. The number of benzene rings is 1. The van der Waals surface area contributed by atoms with E-state index in [1.165, 1.54) is 0 Å². The van der Waals surface area contributed by atoms with E-state index in [0.29, 0.717) is 18.4 Å². The Hall–Kier alpha value is -2.10. The van der Waals surface area contributed by atoms with Gasteiger partial charge in [0.15, 0.2) is 0 Å². The first-order chi connectivity index (χ1) is 8.97. The van der Waals surface area contributed by atoms with Crippen LogP contribution in [0.15, 0.2) is 30.9 Å². The van der Waals surface area contributed by atoms with Crippen LogP contribution < -0.4 is 5.32 Å². The molecule has 0 fully saturated rings. The van der Waals surface area contributed by atoms with Crippen LogP contribution in [0.3, 0.4) is 0 Å². The quantitative estimate of drug-likeness (QED) is 0.773. The molecule has 0 radical (unpaired) electrons. The fraction of sp³-hybridized carbons (Fsp3) is 0.333. The molecule has 1 amide bonds. The largest absolute Gasteiger partial charge is 0.480 e. The third-order valence-corrected chi connectivity index (χ3v) is 3.11. The van der Waals surface area contributed by atoms with Gasteiger partial charge in [-0.05, 0) is 43.9 Å². The van der Waals surface area contributed by atoms with Crippen LogP contribution in [0.1, 0.15) is 34.3 Å². The summed E-state index contributed by atoms with van der Waals surface area (Å²) in [6, 6.07) is 4.52. The molecule has 102 valence electrons. The molecule has 0 aliphatic rings. The molecule has 0 aliphatic carbocycles. The van der Waals surface area contributed by atoms with Crippen molar-refractivity contribution >= 4 is 11.9 Å². The van der Waals surface area contributed by atoms with E-state index in [-0.39, 0.29) is 5.91 Å². The van der Waals surface area contributed by atoms with Crippen LogP contribution in [-0.2, 0) is 4.79 Å². The minimum atomic E-state index is -1.03. The van der Waals surface area contributed by atoms with Crippen LogP contribution in [0.2, 0.25) is 0 Å². The van der Waals surface area contributed by atoms with Crippen LogP contribution >= 0.6 is 0 Å². The molecule has 0 saturated carbocycles. The molecule has 1 aromatic rings. The molecule has 1 atom stereocenters. The van der Waals surface area contributed by atoms with Gasteiger partial charge in [0.2, 0.25) is 0 Å². The van der Waals surface area contributed by atoms with Crippen molar-refractivity contribution in [3.05, 3.63) is 47.5 Å². The number of nitrogens with one attached hydrogen (secondary N) is 1. The molecule has 0 heterocycles. The summed E-state index contributed by atoms with van der Waals surface area (Å²) < 4.78 is 0. The fourth-order valence-electron chi connectivity index (χ4n) is 1.77. The molecule has 2 N–H and O–H groups in total. The first-order valence-electron chi connectivity index (χ1n) is 6.18. The number of hydrogen-bond donors (Lipinski definition) is 2. The number of aryl methyl sites for hydroxylation is 1. The van der Waals surface area contributed by atoms with Crippen molar-refractivity contribution in [2.45, 2.75) is 32.7 Å². The highest BCUT2D eigenvalue weighted by Gasteiger charge is 2.20. The second-order valence-corrected chi connectivity index (χ2v) is 4.48. The van der Waals surface area contributed by atoms with Gasteiger partial charge in [-0.2, -0.15) is 0 Å². The zero-order valence-corrected chi connectivity index (χ0v) is 11.3. The van der Waals surface area contributed by atoms with Gasteiger partial charge >= 0.3 is 5.97 Å². The highest BCUT2D eigenvalue weighted by atomic mass is 16.4. The van der Waals surface area contributed by atoms with Crippen molar-refractivity contribution in [3.8, 4) is 0 Å². The number of hydrogen-bond acceptors (Lipinski definition) is 2. The second kappa shape index (κ2) is 6.73. The van der Waals surface area contributed by atoms with Crippen LogP contribution in [0.5, 0.6) is 0 Å². The lowest BCUT2D eigenvalue weighted by Crippen LogP contribution is -2.40. The van der Waals surface area contributed by atoms with Crippen molar-refractivity contribution in [2.75, 3.05) is 0 Å². The number of carboxylic acids is 1. The summed E-state index contributed by atoms with van der Waals surface area (Å²) in [5.74, 6) is -1.38. The summed E-state index contributed by atoms with van der Waals surface area (Å²) in [5, 5.41) is 11.6. The normalized spacial score (nSPS) is 11.7. The lowest BCUT2D eigenvalue weighted by atomic mass is 10.0. The van der Waals surface area contributed by atoms with Crippen LogP contribution in [0, 0.1) is 13.8 Å². The number of carbonyl (C=O) groups is 2. The topological polar surface area (TPSA) is 66.4 Å². The van der Waals surface area contributed by atoms with Crippen LogP contribution in [0.4, 0.5) is 0 Å². The van der Waals surface area contributed by atoms with Gasteiger partial charge in [0.25, 0.3) is 5.91 Å². The molecule has 4 nitrogen and oxygen atoms in total. The highest BCUT2D eigenvalue weighted by Crippen LogP contribution is 2.13. The predicted molar refractivity (Wildman–Crippen MR) is 74.2 cm³/mol. The van der Waals surface area contributed by atoms with Crippen molar-refractivity contribution in [3.63, 3.8) is 0 Å². The van der Waals surface area contributed by atoms with E-state index in [0.717, 1.165) is 11.1 Å². The zero-order valence-electron chi connectivity index (χ0n) is 11.3. The summed E-state index contributed by atoms with van der Waals surface area (Å²) in [6.45, 7) is 7.32. The molecule has 0 bridgehead atoms.